The summed E-state index contributed by atoms with van der Waals surface area (Å²) in [5.74, 6) is -2.08. The average molecular weight is 408 g/mol. The SMILES string of the molecule is CCCn1nc(C(=O)OCC(=O)NNC(=O)c2ccccc2)c2ccccc2c1=O. The highest BCUT2D eigenvalue weighted by Crippen LogP contribution is 2.14. The van der Waals surface area contributed by atoms with Gasteiger partial charge in [-0.25, -0.2) is 9.48 Å². The topological polar surface area (TPSA) is 119 Å². The van der Waals surface area contributed by atoms with Gasteiger partial charge in [0.2, 0.25) is 0 Å². The minimum absolute atomic E-state index is 0.0558. The third-order valence-corrected chi connectivity index (χ3v) is 4.18. The molecule has 0 radical (unpaired) electrons. The van der Waals surface area contributed by atoms with E-state index < -0.39 is 24.4 Å². The molecule has 1 heterocycles. The number of amides is 2. The van der Waals surface area contributed by atoms with Crippen LogP contribution in [0, 0.1) is 0 Å². The second kappa shape index (κ2) is 9.46. The van der Waals surface area contributed by atoms with Gasteiger partial charge in [0.1, 0.15) is 0 Å². The summed E-state index contributed by atoms with van der Waals surface area (Å²) in [5, 5.41) is 4.80. The zero-order valence-electron chi connectivity index (χ0n) is 16.3. The number of aryl methyl sites for hydroxylation is 1. The van der Waals surface area contributed by atoms with Gasteiger partial charge in [-0.15, -0.1) is 0 Å². The van der Waals surface area contributed by atoms with Crippen molar-refractivity contribution in [3.05, 3.63) is 76.2 Å². The van der Waals surface area contributed by atoms with Gasteiger partial charge in [-0.1, -0.05) is 43.3 Å². The summed E-state index contributed by atoms with van der Waals surface area (Å²) in [6, 6.07) is 14.9. The number of carbonyl (C=O) groups excluding carboxylic acids is 3. The molecule has 3 aromatic rings. The van der Waals surface area contributed by atoms with Gasteiger partial charge in [-0.05, 0) is 24.6 Å². The molecule has 3 rings (SSSR count). The third-order valence-electron chi connectivity index (χ3n) is 4.18. The zero-order valence-corrected chi connectivity index (χ0v) is 16.3. The molecule has 30 heavy (non-hydrogen) atoms. The van der Waals surface area contributed by atoms with Crippen molar-refractivity contribution in [1.29, 1.82) is 0 Å². The molecule has 154 valence electrons. The molecule has 2 N–H and O–H groups in total. The van der Waals surface area contributed by atoms with Crippen molar-refractivity contribution in [3.63, 3.8) is 0 Å². The molecule has 0 saturated carbocycles. The fourth-order valence-electron chi connectivity index (χ4n) is 2.77. The average Bonchev–Trinajstić information content (AvgIpc) is 2.78. The summed E-state index contributed by atoms with van der Waals surface area (Å²) in [4.78, 5) is 48.8. The molecule has 0 aliphatic heterocycles. The van der Waals surface area contributed by atoms with E-state index in [9.17, 15) is 19.2 Å². The summed E-state index contributed by atoms with van der Waals surface area (Å²) < 4.78 is 6.24. The molecule has 9 nitrogen and oxygen atoms in total. The normalized spacial score (nSPS) is 10.4. The minimum Gasteiger partial charge on any atom is -0.451 e. The first-order chi connectivity index (χ1) is 14.5. The highest BCUT2D eigenvalue weighted by atomic mass is 16.5. The molecular weight excluding hydrogens is 388 g/mol. The first-order valence-corrected chi connectivity index (χ1v) is 9.32. The Morgan fingerprint density at radius 3 is 2.33 bits per heavy atom. The fraction of sp³-hybridized carbons (Fsp3) is 0.190. The van der Waals surface area contributed by atoms with Crippen LogP contribution in [-0.2, 0) is 16.1 Å². The van der Waals surface area contributed by atoms with Crippen molar-refractivity contribution in [1.82, 2.24) is 20.6 Å². The van der Waals surface area contributed by atoms with Gasteiger partial charge in [0.15, 0.2) is 12.3 Å². The first kappa shape index (κ1) is 20.7. The van der Waals surface area contributed by atoms with Gasteiger partial charge >= 0.3 is 5.97 Å². The summed E-state index contributed by atoms with van der Waals surface area (Å²) in [7, 11) is 0. The Morgan fingerprint density at radius 2 is 1.63 bits per heavy atom. The van der Waals surface area contributed by atoms with E-state index in [4.69, 9.17) is 4.74 Å². The molecule has 2 amide bonds. The molecule has 0 atom stereocenters. The summed E-state index contributed by atoms with van der Waals surface area (Å²) >= 11 is 0. The number of esters is 1. The van der Waals surface area contributed by atoms with Crippen LogP contribution in [0.1, 0.15) is 34.2 Å². The molecule has 1 aromatic heterocycles. The number of nitrogens with one attached hydrogen (secondary N) is 2. The monoisotopic (exact) mass is 408 g/mol. The predicted molar refractivity (Wildman–Crippen MR) is 109 cm³/mol. The number of benzene rings is 2. The maximum atomic E-state index is 12.5. The number of hydrogen-bond donors (Lipinski definition) is 2. The molecular formula is C21H20N4O5. The lowest BCUT2D eigenvalue weighted by atomic mass is 10.1. The smallest absolute Gasteiger partial charge is 0.359 e. The van der Waals surface area contributed by atoms with Crippen molar-refractivity contribution in [3.8, 4) is 0 Å². The van der Waals surface area contributed by atoms with Crippen LogP contribution in [0.25, 0.3) is 10.8 Å². The third kappa shape index (κ3) is 4.69. The van der Waals surface area contributed by atoms with E-state index in [0.717, 1.165) is 0 Å². The van der Waals surface area contributed by atoms with Gasteiger partial charge in [-0.3, -0.25) is 25.2 Å². The molecule has 0 aliphatic carbocycles. The van der Waals surface area contributed by atoms with Crippen molar-refractivity contribution < 1.29 is 19.1 Å². The highest BCUT2D eigenvalue weighted by molar-refractivity contribution is 6.02. The number of hydrazine groups is 1. The maximum absolute atomic E-state index is 12.5. The van der Waals surface area contributed by atoms with E-state index in [-0.39, 0.29) is 11.3 Å². The zero-order chi connectivity index (χ0) is 21.5. The first-order valence-electron chi connectivity index (χ1n) is 9.32. The second-order valence-electron chi connectivity index (χ2n) is 6.37. The van der Waals surface area contributed by atoms with Crippen LogP contribution in [0.15, 0.2) is 59.4 Å². The van der Waals surface area contributed by atoms with Crippen molar-refractivity contribution >= 4 is 28.6 Å². The number of ether oxygens (including phenoxy) is 1. The van der Waals surface area contributed by atoms with Gasteiger partial charge in [-0.2, -0.15) is 5.10 Å². The lowest BCUT2D eigenvalue weighted by Gasteiger charge is -2.11. The van der Waals surface area contributed by atoms with E-state index in [1.165, 1.54) is 4.68 Å². The molecule has 0 spiro atoms. The lowest BCUT2D eigenvalue weighted by Crippen LogP contribution is -2.43. The van der Waals surface area contributed by atoms with Crippen LogP contribution >= 0.6 is 0 Å². The van der Waals surface area contributed by atoms with Gasteiger partial charge in [0.25, 0.3) is 17.4 Å². The van der Waals surface area contributed by atoms with E-state index in [0.29, 0.717) is 29.3 Å². The van der Waals surface area contributed by atoms with Crippen LogP contribution in [0.4, 0.5) is 0 Å². The van der Waals surface area contributed by atoms with E-state index >= 15 is 0 Å². The second-order valence-corrected chi connectivity index (χ2v) is 6.37. The quantitative estimate of drug-likeness (QED) is 0.470. The van der Waals surface area contributed by atoms with Crippen molar-refractivity contribution in [2.24, 2.45) is 0 Å². The molecule has 0 fully saturated rings. The Bertz CT molecular complexity index is 1140. The summed E-state index contributed by atoms with van der Waals surface area (Å²) in [6.45, 7) is 1.60. The summed E-state index contributed by atoms with van der Waals surface area (Å²) in [6.07, 6.45) is 0.656. The van der Waals surface area contributed by atoms with E-state index in [1.807, 2.05) is 6.92 Å². The maximum Gasteiger partial charge on any atom is 0.359 e. The largest absolute Gasteiger partial charge is 0.451 e. The van der Waals surface area contributed by atoms with Crippen LogP contribution in [0.3, 0.4) is 0 Å². The Labute approximate surface area is 171 Å². The number of carbonyl (C=O) groups is 3. The molecule has 9 heteroatoms. The van der Waals surface area contributed by atoms with Crippen LogP contribution in [-0.4, -0.2) is 34.2 Å². The number of fused-ring (bicyclic) bond motifs is 1. The van der Waals surface area contributed by atoms with Gasteiger partial charge < -0.3 is 4.74 Å². The molecule has 0 aliphatic rings. The van der Waals surface area contributed by atoms with E-state index in [1.54, 1.807) is 54.6 Å². The number of aromatic nitrogens is 2. The fourth-order valence-corrected chi connectivity index (χ4v) is 2.77. The Morgan fingerprint density at radius 1 is 0.967 bits per heavy atom. The number of hydrogen-bond acceptors (Lipinski definition) is 6. The highest BCUT2D eigenvalue weighted by Gasteiger charge is 2.19. The van der Waals surface area contributed by atoms with Crippen molar-refractivity contribution in [2.75, 3.05) is 6.61 Å². The number of rotatable bonds is 6. The molecule has 0 bridgehead atoms. The minimum atomic E-state index is -0.847. The van der Waals surface area contributed by atoms with E-state index in [2.05, 4.69) is 16.0 Å². The van der Waals surface area contributed by atoms with Crippen LogP contribution < -0.4 is 16.4 Å². The predicted octanol–water partition coefficient (Wildman–Crippen LogP) is 1.42. The Kier molecular flexibility index (Phi) is 6.53. The summed E-state index contributed by atoms with van der Waals surface area (Å²) in [5.41, 5.74) is 4.42. The van der Waals surface area contributed by atoms with Crippen LogP contribution in [0.5, 0.6) is 0 Å². The van der Waals surface area contributed by atoms with Gasteiger partial charge in [0.05, 0.1) is 5.39 Å². The molecule has 0 unspecified atom stereocenters. The Hall–Kier alpha value is -4.01. The Balaban J connectivity index is 1.66. The van der Waals surface area contributed by atoms with Gasteiger partial charge in [0, 0.05) is 17.5 Å². The van der Waals surface area contributed by atoms with Crippen molar-refractivity contribution in [2.45, 2.75) is 19.9 Å². The molecule has 0 saturated heterocycles. The molecule has 2 aromatic carbocycles. The lowest BCUT2D eigenvalue weighted by molar-refractivity contribution is -0.125. The standard InChI is InChI=1S/C21H20N4O5/c1-2-12-25-20(28)16-11-7-6-10-15(16)18(24-25)21(29)30-13-17(26)22-23-19(27)14-8-4-3-5-9-14/h3-11H,2,12-13H2,1H3,(H,22,26)(H,23,27). The number of nitrogens with zero attached hydrogens (tertiary/aromatic N) is 2. The van der Waals surface area contributed by atoms with Crippen LogP contribution in [0.2, 0.25) is 0 Å².